The summed E-state index contributed by atoms with van der Waals surface area (Å²) in [5, 5.41) is 9.08. The predicted octanol–water partition coefficient (Wildman–Crippen LogP) is 0.753. The molecule has 0 aromatic heterocycles. The van der Waals surface area contributed by atoms with E-state index in [-0.39, 0.29) is 24.2 Å². The van der Waals surface area contributed by atoms with Crippen molar-refractivity contribution in [2.45, 2.75) is 19.1 Å². The first-order valence-corrected chi connectivity index (χ1v) is 7.51. The highest BCUT2D eigenvalue weighted by molar-refractivity contribution is 7.91. The predicted molar refractivity (Wildman–Crippen MR) is 66.6 cm³/mol. The number of hydrogen-bond donors (Lipinski definition) is 1. The Balaban J connectivity index is 2.17. The fourth-order valence-corrected chi connectivity index (χ4v) is 3.53. The zero-order chi connectivity index (χ0) is 13.2. The van der Waals surface area contributed by atoms with Gasteiger partial charge in [-0.1, -0.05) is 6.07 Å². The molecule has 0 saturated carbocycles. The maximum atomic E-state index is 11.4. The number of sulfone groups is 1. The maximum Gasteiger partial charge on any atom is 0.161 e. The van der Waals surface area contributed by atoms with E-state index in [1.54, 1.807) is 18.2 Å². The van der Waals surface area contributed by atoms with Crippen molar-refractivity contribution in [3.63, 3.8) is 0 Å². The van der Waals surface area contributed by atoms with E-state index in [9.17, 15) is 8.42 Å². The average molecular weight is 272 g/mol. The number of ether oxygens (including phenoxy) is 2. The van der Waals surface area contributed by atoms with Gasteiger partial charge in [-0.15, -0.1) is 0 Å². The van der Waals surface area contributed by atoms with Crippen LogP contribution in [0.3, 0.4) is 0 Å². The van der Waals surface area contributed by atoms with Crippen LogP contribution in [-0.4, -0.2) is 38.2 Å². The molecule has 1 atom stereocenters. The van der Waals surface area contributed by atoms with Crippen LogP contribution in [0.15, 0.2) is 18.2 Å². The van der Waals surface area contributed by atoms with Crippen LogP contribution in [0.4, 0.5) is 0 Å². The van der Waals surface area contributed by atoms with Crippen LogP contribution in [0.5, 0.6) is 11.5 Å². The Kier molecular flexibility index (Phi) is 3.77. The molecule has 0 radical (unpaired) electrons. The quantitative estimate of drug-likeness (QED) is 0.875. The Morgan fingerprint density at radius 3 is 2.72 bits per heavy atom. The molecule has 18 heavy (non-hydrogen) atoms. The van der Waals surface area contributed by atoms with Crippen molar-refractivity contribution in [2.24, 2.45) is 0 Å². The molecule has 1 saturated heterocycles. The number of rotatable bonds is 4. The van der Waals surface area contributed by atoms with Gasteiger partial charge in [0.1, 0.15) is 6.10 Å². The van der Waals surface area contributed by atoms with E-state index < -0.39 is 9.84 Å². The van der Waals surface area contributed by atoms with Crippen LogP contribution in [0.1, 0.15) is 12.0 Å². The van der Waals surface area contributed by atoms with E-state index in [0.29, 0.717) is 23.5 Å². The standard InChI is InChI=1S/C12H16O5S/c1-16-11-3-2-9(7-13)6-12(11)17-10-4-5-18(14,15)8-10/h2-3,6,10,13H,4-5,7-8H2,1H3. The van der Waals surface area contributed by atoms with E-state index in [1.807, 2.05) is 0 Å². The van der Waals surface area contributed by atoms with Crippen molar-refractivity contribution in [1.29, 1.82) is 0 Å². The summed E-state index contributed by atoms with van der Waals surface area (Å²) in [6.07, 6.45) is 0.160. The molecule has 0 spiro atoms. The third-order valence-corrected chi connectivity index (χ3v) is 4.63. The van der Waals surface area contributed by atoms with Gasteiger partial charge in [-0.05, 0) is 24.1 Å². The van der Waals surface area contributed by atoms with Gasteiger partial charge in [0, 0.05) is 0 Å². The van der Waals surface area contributed by atoms with Gasteiger partial charge in [0.25, 0.3) is 0 Å². The molecule has 1 N–H and O–H groups in total. The Labute approximate surface area is 106 Å². The number of benzene rings is 1. The summed E-state index contributed by atoms with van der Waals surface area (Å²) in [6.45, 7) is -0.0939. The van der Waals surface area contributed by atoms with Crippen molar-refractivity contribution >= 4 is 9.84 Å². The molecule has 1 aromatic carbocycles. The van der Waals surface area contributed by atoms with E-state index in [0.717, 1.165) is 0 Å². The lowest BCUT2D eigenvalue weighted by molar-refractivity contribution is 0.216. The molecular weight excluding hydrogens is 256 g/mol. The minimum Gasteiger partial charge on any atom is -0.493 e. The molecule has 1 unspecified atom stereocenters. The first kappa shape index (κ1) is 13.2. The van der Waals surface area contributed by atoms with Crippen LogP contribution < -0.4 is 9.47 Å². The zero-order valence-corrected chi connectivity index (χ0v) is 10.9. The Morgan fingerprint density at radius 2 is 2.17 bits per heavy atom. The van der Waals surface area contributed by atoms with Gasteiger partial charge in [0.05, 0.1) is 25.2 Å². The summed E-state index contributed by atoms with van der Waals surface area (Å²) in [5.41, 5.74) is 0.701. The highest BCUT2D eigenvalue weighted by Crippen LogP contribution is 2.30. The zero-order valence-electron chi connectivity index (χ0n) is 10.1. The average Bonchev–Trinajstić information content (AvgIpc) is 2.68. The van der Waals surface area contributed by atoms with Crippen LogP contribution in [-0.2, 0) is 16.4 Å². The van der Waals surface area contributed by atoms with Crippen LogP contribution >= 0.6 is 0 Å². The summed E-state index contributed by atoms with van der Waals surface area (Å²) < 4.78 is 33.5. The third kappa shape index (κ3) is 2.94. The lowest BCUT2D eigenvalue weighted by Gasteiger charge is -2.15. The maximum absolute atomic E-state index is 11.4. The molecule has 1 aliphatic rings. The summed E-state index contributed by atoms with van der Waals surface area (Å²) >= 11 is 0. The molecular formula is C12H16O5S. The highest BCUT2D eigenvalue weighted by atomic mass is 32.2. The molecule has 2 rings (SSSR count). The second-order valence-corrected chi connectivity index (χ2v) is 6.51. The van der Waals surface area contributed by atoms with Crippen LogP contribution in [0.2, 0.25) is 0 Å². The van der Waals surface area contributed by atoms with Gasteiger partial charge in [-0.25, -0.2) is 8.42 Å². The molecule has 1 aliphatic heterocycles. The monoisotopic (exact) mass is 272 g/mol. The minimum absolute atomic E-state index is 0.0412. The molecule has 0 bridgehead atoms. The summed E-state index contributed by atoms with van der Waals surface area (Å²) in [7, 11) is -1.45. The largest absolute Gasteiger partial charge is 0.493 e. The Bertz CT molecular complexity index is 523. The van der Waals surface area contributed by atoms with E-state index in [1.165, 1.54) is 7.11 Å². The lowest BCUT2D eigenvalue weighted by atomic mass is 10.2. The number of aliphatic hydroxyl groups excluding tert-OH is 1. The van der Waals surface area contributed by atoms with E-state index in [2.05, 4.69) is 0 Å². The Hall–Kier alpha value is -1.27. The molecule has 1 aromatic rings. The molecule has 5 nitrogen and oxygen atoms in total. The second-order valence-electron chi connectivity index (χ2n) is 4.29. The van der Waals surface area contributed by atoms with Gasteiger partial charge in [-0.3, -0.25) is 0 Å². The van der Waals surface area contributed by atoms with Gasteiger partial charge in [0.2, 0.25) is 0 Å². The normalized spacial score (nSPS) is 21.8. The van der Waals surface area contributed by atoms with Gasteiger partial charge in [0.15, 0.2) is 21.3 Å². The van der Waals surface area contributed by atoms with Crippen LogP contribution in [0, 0.1) is 0 Å². The van der Waals surface area contributed by atoms with Crippen molar-refractivity contribution in [1.82, 2.24) is 0 Å². The smallest absolute Gasteiger partial charge is 0.161 e. The number of hydrogen-bond acceptors (Lipinski definition) is 5. The molecule has 100 valence electrons. The first-order chi connectivity index (χ1) is 8.54. The number of aliphatic hydroxyl groups is 1. The summed E-state index contributed by atoms with van der Waals surface area (Å²) in [6, 6.07) is 5.10. The molecule has 1 fully saturated rings. The third-order valence-electron chi connectivity index (χ3n) is 2.89. The van der Waals surface area contributed by atoms with Crippen LogP contribution in [0.25, 0.3) is 0 Å². The fourth-order valence-electron chi connectivity index (χ4n) is 1.94. The van der Waals surface area contributed by atoms with Gasteiger partial charge < -0.3 is 14.6 Å². The van der Waals surface area contributed by atoms with E-state index >= 15 is 0 Å². The lowest BCUT2D eigenvalue weighted by Crippen LogP contribution is -2.18. The molecule has 1 heterocycles. The van der Waals surface area contributed by atoms with E-state index in [4.69, 9.17) is 14.6 Å². The Morgan fingerprint density at radius 1 is 1.39 bits per heavy atom. The molecule has 6 heteroatoms. The molecule has 0 aliphatic carbocycles. The summed E-state index contributed by atoms with van der Waals surface area (Å²) in [5.74, 6) is 1.22. The summed E-state index contributed by atoms with van der Waals surface area (Å²) in [4.78, 5) is 0. The molecule has 0 amide bonds. The van der Waals surface area contributed by atoms with Crippen molar-refractivity contribution in [3.8, 4) is 11.5 Å². The van der Waals surface area contributed by atoms with Crippen molar-refractivity contribution in [3.05, 3.63) is 23.8 Å². The van der Waals surface area contributed by atoms with Gasteiger partial charge in [-0.2, -0.15) is 0 Å². The minimum atomic E-state index is -2.97. The second kappa shape index (κ2) is 5.16. The topological polar surface area (TPSA) is 72.8 Å². The van der Waals surface area contributed by atoms with Crippen molar-refractivity contribution in [2.75, 3.05) is 18.6 Å². The first-order valence-electron chi connectivity index (χ1n) is 5.69. The van der Waals surface area contributed by atoms with Gasteiger partial charge >= 0.3 is 0 Å². The fraction of sp³-hybridized carbons (Fsp3) is 0.500. The van der Waals surface area contributed by atoms with Crippen molar-refractivity contribution < 1.29 is 23.0 Å². The number of methoxy groups -OCH3 is 1. The highest BCUT2D eigenvalue weighted by Gasteiger charge is 2.30. The SMILES string of the molecule is COc1ccc(CO)cc1OC1CCS(=O)(=O)C1.